The van der Waals surface area contributed by atoms with E-state index in [0.717, 1.165) is 23.2 Å². The molecular formula is C13H14N2O2. The summed E-state index contributed by atoms with van der Waals surface area (Å²) in [6, 6.07) is 5.42. The van der Waals surface area contributed by atoms with E-state index in [2.05, 4.69) is 10.3 Å². The van der Waals surface area contributed by atoms with Crippen molar-refractivity contribution < 1.29 is 9.21 Å². The van der Waals surface area contributed by atoms with Gasteiger partial charge in [0.25, 0.3) is 0 Å². The van der Waals surface area contributed by atoms with Gasteiger partial charge in [0.2, 0.25) is 5.91 Å². The minimum atomic E-state index is -0.147. The number of amides is 1. The number of allylic oxidation sites excluding steroid dienone is 1. The molecule has 0 radical (unpaired) electrons. The predicted octanol–water partition coefficient (Wildman–Crippen LogP) is 2.90. The summed E-state index contributed by atoms with van der Waals surface area (Å²) in [5.74, 6) is 0.558. The van der Waals surface area contributed by atoms with Crippen LogP contribution in [-0.4, -0.2) is 10.9 Å². The van der Waals surface area contributed by atoms with Gasteiger partial charge in [0.05, 0.1) is 0 Å². The van der Waals surface area contributed by atoms with Gasteiger partial charge in [-0.1, -0.05) is 13.0 Å². The second-order valence-corrected chi connectivity index (χ2v) is 3.63. The summed E-state index contributed by atoms with van der Waals surface area (Å²) in [6.45, 7) is 3.79. The van der Waals surface area contributed by atoms with Crippen LogP contribution in [0.4, 0.5) is 5.69 Å². The monoisotopic (exact) mass is 230 g/mol. The minimum Gasteiger partial charge on any atom is -0.441 e. The van der Waals surface area contributed by atoms with Crippen LogP contribution in [0.2, 0.25) is 0 Å². The van der Waals surface area contributed by atoms with Crippen molar-refractivity contribution in [2.45, 2.75) is 20.3 Å². The fraction of sp³-hybridized carbons (Fsp3) is 0.231. The van der Waals surface area contributed by atoms with Crippen LogP contribution in [0, 0.1) is 0 Å². The van der Waals surface area contributed by atoms with Gasteiger partial charge in [-0.15, -0.1) is 0 Å². The van der Waals surface area contributed by atoms with Crippen molar-refractivity contribution in [3.8, 4) is 0 Å². The highest BCUT2D eigenvalue weighted by atomic mass is 16.3. The molecule has 0 saturated heterocycles. The molecule has 17 heavy (non-hydrogen) atoms. The van der Waals surface area contributed by atoms with Gasteiger partial charge in [0.15, 0.2) is 11.5 Å². The molecule has 2 rings (SSSR count). The second-order valence-electron chi connectivity index (χ2n) is 3.63. The molecular weight excluding hydrogens is 216 g/mol. The third-order valence-electron chi connectivity index (χ3n) is 2.32. The van der Waals surface area contributed by atoms with Crippen LogP contribution >= 0.6 is 0 Å². The van der Waals surface area contributed by atoms with E-state index in [1.54, 1.807) is 25.1 Å². The molecule has 2 aromatic rings. The summed E-state index contributed by atoms with van der Waals surface area (Å²) in [4.78, 5) is 15.7. The average molecular weight is 230 g/mol. The molecule has 0 saturated carbocycles. The smallest absolute Gasteiger partial charge is 0.248 e. The van der Waals surface area contributed by atoms with Gasteiger partial charge in [-0.05, 0) is 31.2 Å². The Morgan fingerprint density at radius 2 is 2.35 bits per heavy atom. The first-order valence-electron chi connectivity index (χ1n) is 5.56. The van der Waals surface area contributed by atoms with Crippen molar-refractivity contribution in [1.29, 1.82) is 0 Å². The predicted molar refractivity (Wildman–Crippen MR) is 66.8 cm³/mol. The number of oxazole rings is 1. The molecule has 0 aliphatic rings. The largest absolute Gasteiger partial charge is 0.441 e. The highest BCUT2D eigenvalue weighted by molar-refractivity contribution is 6.00. The molecule has 0 aliphatic carbocycles. The number of nitrogens with one attached hydrogen (secondary N) is 1. The zero-order valence-electron chi connectivity index (χ0n) is 9.86. The van der Waals surface area contributed by atoms with Gasteiger partial charge < -0.3 is 9.73 Å². The Morgan fingerprint density at radius 1 is 1.53 bits per heavy atom. The van der Waals surface area contributed by atoms with Gasteiger partial charge in [0, 0.05) is 12.1 Å². The maximum absolute atomic E-state index is 11.4. The third kappa shape index (κ3) is 2.53. The summed E-state index contributed by atoms with van der Waals surface area (Å²) in [6.07, 6.45) is 3.93. The maximum Gasteiger partial charge on any atom is 0.248 e. The number of hydrogen-bond donors (Lipinski definition) is 1. The third-order valence-corrected chi connectivity index (χ3v) is 2.32. The highest BCUT2D eigenvalue weighted by Gasteiger charge is 2.05. The van der Waals surface area contributed by atoms with Crippen LogP contribution in [0.5, 0.6) is 0 Å². The van der Waals surface area contributed by atoms with Crippen molar-refractivity contribution in [3.63, 3.8) is 0 Å². The van der Waals surface area contributed by atoms with E-state index >= 15 is 0 Å². The molecule has 1 N–H and O–H groups in total. The van der Waals surface area contributed by atoms with Crippen molar-refractivity contribution in [2.75, 3.05) is 5.32 Å². The number of rotatable bonds is 3. The van der Waals surface area contributed by atoms with Crippen LogP contribution in [0.25, 0.3) is 11.1 Å². The Kier molecular flexibility index (Phi) is 3.23. The van der Waals surface area contributed by atoms with E-state index in [-0.39, 0.29) is 5.91 Å². The molecule has 0 spiro atoms. The van der Waals surface area contributed by atoms with Crippen LogP contribution in [0.3, 0.4) is 0 Å². The number of carbonyl (C=O) groups excluding carboxylic acids is 1. The number of anilines is 1. The Morgan fingerprint density at radius 3 is 3.06 bits per heavy atom. The van der Waals surface area contributed by atoms with Crippen LogP contribution in [0.15, 0.2) is 34.8 Å². The minimum absolute atomic E-state index is 0.147. The maximum atomic E-state index is 11.4. The molecule has 1 aromatic carbocycles. The highest BCUT2D eigenvalue weighted by Crippen LogP contribution is 2.20. The van der Waals surface area contributed by atoms with Gasteiger partial charge in [-0.3, -0.25) is 4.79 Å². The summed E-state index contributed by atoms with van der Waals surface area (Å²) in [5.41, 5.74) is 2.22. The quantitative estimate of drug-likeness (QED) is 0.825. The standard InChI is InChI=1S/C13H14N2O2/c1-3-5-12(16)14-9-6-7-11-10(8-9)15-13(4-2)17-11/h3,5-8H,4H2,1-2H3,(H,14,16). The molecule has 1 aromatic heterocycles. The van der Waals surface area contributed by atoms with Crippen molar-refractivity contribution in [1.82, 2.24) is 4.98 Å². The number of nitrogens with zero attached hydrogens (tertiary/aromatic N) is 1. The summed E-state index contributed by atoms with van der Waals surface area (Å²) in [7, 11) is 0. The molecule has 4 nitrogen and oxygen atoms in total. The van der Waals surface area contributed by atoms with E-state index < -0.39 is 0 Å². The lowest BCUT2D eigenvalue weighted by molar-refractivity contribution is -0.111. The lowest BCUT2D eigenvalue weighted by Crippen LogP contribution is -2.07. The number of hydrogen-bond acceptors (Lipinski definition) is 3. The number of fused-ring (bicyclic) bond motifs is 1. The first kappa shape index (κ1) is 11.4. The molecule has 0 atom stereocenters. The summed E-state index contributed by atoms with van der Waals surface area (Å²) in [5, 5.41) is 2.75. The average Bonchev–Trinajstić information content (AvgIpc) is 2.71. The topological polar surface area (TPSA) is 55.1 Å². The van der Waals surface area contributed by atoms with Crippen molar-refractivity contribution in [2.24, 2.45) is 0 Å². The van der Waals surface area contributed by atoms with Crippen molar-refractivity contribution in [3.05, 3.63) is 36.2 Å². The van der Waals surface area contributed by atoms with Gasteiger partial charge in [-0.2, -0.15) is 0 Å². The molecule has 1 amide bonds. The lowest BCUT2D eigenvalue weighted by Gasteiger charge is -2.00. The van der Waals surface area contributed by atoms with E-state index in [0.29, 0.717) is 5.89 Å². The SMILES string of the molecule is CC=CC(=O)Nc1ccc2oc(CC)nc2c1. The number of aryl methyl sites for hydroxylation is 1. The van der Waals surface area contributed by atoms with E-state index in [1.807, 2.05) is 13.0 Å². The normalized spacial score (nSPS) is 11.2. The fourth-order valence-electron chi connectivity index (χ4n) is 1.54. The Balaban J connectivity index is 2.27. The second kappa shape index (κ2) is 4.82. The Labute approximate surface area is 99.3 Å². The van der Waals surface area contributed by atoms with Gasteiger partial charge in [-0.25, -0.2) is 4.98 Å². The zero-order chi connectivity index (χ0) is 12.3. The summed E-state index contributed by atoms with van der Waals surface area (Å²) < 4.78 is 5.49. The van der Waals surface area contributed by atoms with E-state index in [4.69, 9.17) is 4.42 Å². The Bertz CT molecular complexity index is 570. The van der Waals surface area contributed by atoms with Gasteiger partial charge in [0.1, 0.15) is 5.52 Å². The first-order valence-corrected chi connectivity index (χ1v) is 5.56. The van der Waals surface area contributed by atoms with Crippen LogP contribution < -0.4 is 5.32 Å². The number of carbonyl (C=O) groups is 1. The van der Waals surface area contributed by atoms with E-state index in [9.17, 15) is 4.79 Å². The molecule has 88 valence electrons. The zero-order valence-corrected chi connectivity index (χ0v) is 9.86. The molecule has 0 unspecified atom stereocenters. The molecule has 1 heterocycles. The number of aromatic nitrogens is 1. The van der Waals surface area contributed by atoms with Gasteiger partial charge >= 0.3 is 0 Å². The molecule has 0 fully saturated rings. The van der Waals surface area contributed by atoms with Crippen molar-refractivity contribution >= 4 is 22.7 Å². The van der Waals surface area contributed by atoms with E-state index in [1.165, 1.54) is 6.08 Å². The Hall–Kier alpha value is -2.10. The summed E-state index contributed by atoms with van der Waals surface area (Å²) >= 11 is 0. The lowest BCUT2D eigenvalue weighted by atomic mass is 10.3. The molecule has 4 heteroatoms. The fourth-order valence-corrected chi connectivity index (χ4v) is 1.54. The molecule has 0 aliphatic heterocycles. The molecule has 0 bridgehead atoms. The first-order chi connectivity index (χ1) is 8.22. The van der Waals surface area contributed by atoms with Crippen LogP contribution in [0.1, 0.15) is 19.7 Å². The van der Waals surface area contributed by atoms with Crippen LogP contribution in [-0.2, 0) is 11.2 Å². The number of benzene rings is 1.